The molecule has 0 bridgehead atoms. The van der Waals surface area contributed by atoms with Crippen LogP contribution < -0.4 is 0 Å². The van der Waals surface area contributed by atoms with Crippen molar-refractivity contribution in [3.8, 4) is 0 Å². The van der Waals surface area contributed by atoms with Crippen molar-refractivity contribution < 1.29 is 23.5 Å². The van der Waals surface area contributed by atoms with Crippen molar-refractivity contribution in [2.75, 3.05) is 13.1 Å². The molecule has 1 aliphatic carbocycles. The van der Waals surface area contributed by atoms with Gasteiger partial charge >= 0.3 is 5.97 Å². The predicted octanol–water partition coefficient (Wildman–Crippen LogP) is 2.27. The molecule has 2 aliphatic rings. The number of piperidine rings is 1. The summed E-state index contributed by atoms with van der Waals surface area (Å²) in [7, 11) is 0. The highest BCUT2D eigenvalue weighted by Gasteiger charge is 2.43. The summed E-state index contributed by atoms with van der Waals surface area (Å²) in [4.78, 5) is 25.3. The second-order valence-electron chi connectivity index (χ2n) is 6.81. The normalized spacial score (nSPS) is 20.9. The van der Waals surface area contributed by atoms with Gasteiger partial charge in [0.1, 0.15) is 5.69 Å². The van der Waals surface area contributed by atoms with Crippen LogP contribution in [0.25, 0.3) is 0 Å². The smallest absolute Gasteiger partial charge is 0.358 e. The van der Waals surface area contributed by atoms with Gasteiger partial charge in [0.15, 0.2) is 5.69 Å². The molecule has 1 aromatic heterocycles. The van der Waals surface area contributed by atoms with E-state index in [1.807, 2.05) is 6.92 Å². The van der Waals surface area contributed by atoms with E-state index in [2.05, 4.69) is 10.3 Å². The van der Waals surface area contributed by atoms with Crippen LogP contribution in [-0.2, 0) is 4.79 Å². The highest BCUT2D eigenvalue weighted by molar-refractivity contribution is 5.86. The van der Waals surface area contributed by atoms with E-state index >= 15 is 0 Å². The quantitative estimate of drug-likeness (QED) is 0.907. The molecular weight excluding hydrogens is 322 g/mol. The standard InChI is InChI=1S/C15H20F2N4O3/c1-15(5-2-6-15)14(24)20-7-3-9(4-8-20)21-11(12(16)17)10(13(22)23)18-19-21/h9,12H,2-8H2,1H3,(H,22,23). The minimum atomic E-state index is -2.96. The second-order valence-corrected chi connectivity index (χ2v) is 6.81. The Balaban J connectivity index is 1.71. The fraction of sp³-hybridized carbons (Fsp3) is 0.733. The first-order valence-corrected chi connectivity index (χ1v) is 8.09. The molecule has 1 aromatic rings. The third kappa shape index (κ3) is 2.76. The zero-order chi connectivity index (χ0) is 17.5. The van der Waals surface area contributed by atoms with Crippen LogP contribution in [0.5, 0.6) is 0 Å². The molecule has 3 rings (SSSR count). The number of aromatic carboxylic acids is 1. The Labute approximate surface area is 137 Å². The molecule has 1 saturated carbocycles. The minimum Gasteiger partial charge on any atom is -0.476 e. The van der Waals surface area contributed by atoms with E-state index < -0.39 is 23.8 Å². The van der Waals surface area contributed by atoms with Crippen molar-refractivity contribution in [2.45, 2.75) is 51.5 Å². The van der Waals surface area contributed by atoms with Gasteiger partial charge in [-0.2, -0.15) is 0 Å². The first-order chi connectivity index (χ1) is 11.3. The topological polar surface area (TPSA) is 88.3 Å². The molecule has 0 radical (unpaired) electrons. The number of amides is 1. The molecule has 7 nitrogen and oxygen atoms in total. The van der Waals surface area contributed by atoms with Gasteiger partial charge in [0, 0.05) is 18.5 Å². The number of aromatic nitrogens is 3. The lowest BCUT2D eigenvalue weighted by Gasteiger charge is -2.43. The lowest BCUT2D eigenvalue weighted by atomic mass is 9.69. The van der Waals surface area contributed by atoms with Gasteiger partial charge in [-0.1, -0.05) is 18.6 Å². The number of carboxylic acid groups (broad SMARTS) is 1. The second kappa shape index (κ2) is 6.10. The van der Waals surface area contributed by atoms with Crippen LogP contribution in [-0.4, -0.2) is 50.0 Å². The Kier molecular flexibility index (Phi) is 4.27. The average Bonchev–Trinajstić information content (AvgIpc) is 2.97. The monoisotopic (exact) mass is 342 g/mol. The third-order valence-corrected chi connectivity index (χ3v) is 5.21. The molecule has 0 spiro atoms. The van der Waals surface area contributed by atoms with Crippen LogP contribution >= 0.6 is 0 Å². The molecule has 1 saturated heterocycles. The number of likely N-dealkylation sites (tertiary alicyclic amines) is 1. The molecule has 0 unspecified atom stereocenters. The Morgan fingerprint density at radius 3 is 2.38 bits per heavy atom. The number of hydrogen-bond donors (Lipinski definition) is 1. The Hall–Kier alpha value is -2.06. The Morgan fingerprint density at radius 2 is 1.92 bits per heavy atom. The van der Waals surface area contributed by atoms with Gasteiger partial charge in [-0.15, -0.1) is 5.10 Å². The number of rotatable bonds is 4. The first-order valence-electron chi connectivity index (χ1n) is 8.09. The molecule has 2 heterocycles. The zero-order valence-corrected chi connectivity index (χ0v) is 13.4. The van der Waals surface area contributed by atoms with Crippen LogP contribution in [0.1, 0.15) is 67.7 Å². The van der Waals surface area contributed by atoms with Crippen LogP contribution in [0, 0.1) is 5.41 Å². The van der Waals surface area contributed by atoms with Crippen molar-refractivity contribution in [1.82, 2.24) is 19.9 Å². The fourth-order valence-corrected chi connectivity index (χ4v) is 3.54. The number of alkyl halides is 2. The number of carbonyl (C=O) groups excluding carboxylic acids is 1. The Bertz CT molecular complexity index is 649. The maximum absolute atomic E-state index is 13.2. The SMILES string of the molecule is CC1(C(=O)N2CCC(n3nnc(C(=O)O)c3C(F)F)CC2)CCC1. The van der Waals surface area contributed by atoms with Gasteiger partial charge in [-0.05, 0) is 25.7 Å². The molecule has 0 atom stereocenters. The summed E-state index contributed by atoms with van der Waals surface area (Å²) in [6, 6.07) is -0.368. The fourth-order valence-electron chi connectivity index (χ4n) is 3.54. The van der Waals surface area contributed by atoms with Crippen LogP contribution in [0.15, 0.2) is 0 Å². The molecule has 1 N–H and O–H groups in total. The van der Waals surface area contributed by atoms with Gasteiger partial charge < -0.3 is 10.0 Å². The van der Waals surface area contributed by atoms with Gasteiger partial charge in [0.05, 0.1) is 6.04 Å². The minimum absolute atomic E-state index is 0.131. The molecule has 0 aromatic carbocycles. The van der Waals surface area contributed by atoms with Gasteiger partial charge in [0.2, 0.25) is 5.91 Å². The number of hydrogen-bond acceptors (Lipinski definition) is 4. The number of carbonyl (C=O) groups is 2. The van der Waals surface area contributed by atoms with Crippen molar-refractivity contribution in [3.05, 3.63) is 11.4 Å². The molecule has 24 heavy (non-hydrogen) atoms. The molecular formula is C15H20F2N4O3. The van der Waals surface area contributed by atoms with Crippen LogP contribution in [0.4, 0.5) is 8.78 Å². The van der Waals surface area contributed by atoms with E-state index in [0.717, 1.165) is 23.9 Å². The highest BCUT2D eigenvalue weighted by Crippen LogP contribution is 2.42. The molecule has 1 amide bonds. The number of halogens is 2. The summed E-state index contributed by atoms with van der Waals surface area (Å²) < 4.78 is 27.5. The lowest BCUT2D eigenvalue weighted by molar-refractivity contribution is -0.147. The van der Waals surface area contributed by atoms with Crippen molar-refractivity contribution >= 4 is 11.9 Å². The van der Waals surface area contributed by atoms with Gasteiger partial charge in [-0.3, -0.25) is 4.79 Å². The average molecular weight is 342 g/mol. The largest absolute Gasteiger partial charge is 0.476 e. The summed E-state index contributed by atoms with van der Waals surface area (Å²) in [6.07, 6.45) is 0.819. The molecule has 1 aliphatic heterocycles. The molecule has 132 valence electrons. The van der Waals surface area contributed by atoms with Gasteiger partial charge in [-0.25, -0.2) is 18.3 Å². The number of nitrogens with zero attached hydrogens (tertiary/aromatic N) is 4. The van der Waals surface area contributed by atoms with Gasteiger partial charge in [0.25, 0.3) is 6.43 Å². The lowest BCUT2D eigenvalue weighted by Crippen LogP contribution is -2.49. The van der Waals surface area contributed by atoms with E-state index in [1.54, 1.807) is 4.90 Å². The van der Waals surface area contributed by atoms with E-state index in [0.29, 0.717) is 25.9 Å². The summed E-state index contributed by atoms with van der Waals surface area (Å²) in [6.45, 7) is 2.89. The molecule has 2 fully saturated rings. The Morgan fingerprint density at radius 1 is 1.29 bits per heavy atom. The summed E-state index contributed by atoms with van der Waals surface area (Å²) >= 11 is 0. The predicted molar refractivity (Wildman–Crippen MR) is 78.7 cm³/mol. The third-order valence-electron chi connectivity index (χ3n) is 5.21. The van der Waals surface area contributed by atoms with E-state index in [-0.39, 0.29) is 17.4 Å². The van der Waals surface area contributed by atoms with Crippen molar-refractivity contribution in [2.24, 2.45) is 5.41 Å². The number of carboxylic acids is 1. The summed E-state index contributed by atoms with van der Waals surface area (Å²) in [5.74, 6) is -1.38. The van der Waals surface area contributed by atoms with Crippen LogP contribution in [0.3, 0.4) is 0 Å². The van der Waals surface area contributed by atoms with Crippen molar-refractivity contribution in [1.29, 1.82) is 0 Å². The van der Waals surface area contributed by atoms with E-state index in [9.17, 15) is 18.4 Å². The summed E-state index contributed by atoms with van der Waals surface area (Å²) in [5.41, 5.74) is -1.63. The zero-order valence-electron chi connectivity index (χ0n) is 13.4. The van der Waals surface area contributed by atoms with E-state index in [4.69, 9.17) is 5.11 Å². The maximum Gasteiger partial charge on any atom is 0.358 e. The molecule has 9 heteroatoms. The van der Waals surface area contributed by atoms with Crippen LogP contribution in [0.2, 0.25) is 0 Å². The van der Waals surface area contributed by atoms with E-state index in [1.165, 1.54) is 0 Å². The first kappa shape index (κ1) is 16.8. The maximum atomic E-state index is 13.2. The summed E-state index contributed by atoms with van der Waals surface area (Å²) in [5, 5.41) is 16.0. The highest BCUT2D eigenvalue weighted by atomic mass is 19.3. The van der Waals surface area contributed by atoms with Crippen molar-refractivity contribution in [3.63, 3.8) is 0 Å².